The van der Waals surface area contributed by atoms with Crippen molar-refractivity contribution >= 4 is 16.7 Å². The van der Waals surface area contributed by atoms with E-state index in [0.717, 1.165) is 22.4 Å². The predicted octanol–water partition coefficient (Wildman–Crippen LogP) is 2.89. The first-order chi connectivity index (χ1) is 9.15. The number of para-hydroxylation sites is 2. The van der Waals surface area contributed by atoms with Crippen molar-refractivity contribution in [2.75, 3.05) is 5.73 Å². The second kappa shape index (κ2) is 4.39. The molecule has 96 valence electrons. The molecule has 0 radical (unpaired) electrons. The second-order valence-electron chi connectivity index (χ2n) is 4.60. The Balaban J connectivity index is 2.03. The summed E-state index contributed by atoms with van der Waals surface area (Å²) in [6, 6.07) is 12.4. The van der Waals surface area contributed by atoms with Crippen LogP contribution in [0.2, 0.25) is 0 Å². The van der Waals surface area contributed by atoms with Crippen molar-refractivity contribution in [3.8, 4) is 0 Å². The maximum atomic E-state index is 13.0. The van der Waals surface area contributed by atoms with Gasteiger partial charge in [0.05, 0.1) is 11.0 Å². The van der Waals surface area contributed by atoms with E-state index < -0.39 is 0 Å². The van der Waals surface area contributed by atoms with Gasteiger partial charge in [0.1, 0.15) is 11.6 Å². The van der Waals surface area contributed by atoms with Gasteiger partial charge in [0.2, 0.25) is 0 Å². The molecule has 0 saturated heterocycles. The SMILES string of the molecule is Cn1c(Cc2ccc(F)cc2N)nc2ccccc21. The van der Waals surface area contributed by atoms with E-state index in [-0.39, 0.29) is 5.82 Å². The van der Waals surface area contributed by atoms with Crippen LogP contribution in [-0.4, -0.2) is 9.55 Å². The summed E-state index contributed by atoms with van der Waals surface area (Å²) in [5, 5.41) is 0. The molecule has 3 aromatic rings. The Labute approximate surface area is 110 Å². The van der Waals surface area contributed by atoms with Crippen molar-refractivity contribution in [3.63, 3.8) is 0 Å². The largest absolute Gasteiger partial charge is 0.398 e. The summed E-state index contributed by atoms with van der Waals surface area (Å²) in [5.41, 5.74) is 9.23. The van der Waals surface area contributed by atoms with Gasteiger partial charge in [-0.15, -0.1) is 0 Å². The molecule has 0 aliphatic carbocycles. The molecular weight excluding hydrogens is 241 g/mol. The molecule has 3 nitrogen and oxygen atoms in total. The van der Waals surface area contributed by atoms with Gasteiger partial charge in [-0.3, -0.25) is 0 Å². The third-order valence-corrected chi connectivity index (χ3v) is 3.34. The van der Waals surface area contributed by atoms with E-state index in [1.165, 1.54) is 12.1 Å². The minimum atomic E-state index is -0.314. The summed E-state index contributed by atoms with van der Waals surface area (Å²) in [4.78, 5) is 4.58. The number of rotatable bonds is 2. The van der Waals surface area contributed by atoms with Gasteiger partial charge in [-0.05, 0) is 29.8 Å². The first-order valence-electron chi connectivity index (χ1n) is 6.09. The van der Waals surface area contributed by atoms with Gasteiger partial charge in [-0.2, -0.15) is 0 Å². The molecule has 4 heteroatoms. The van der Waals surface area contributed by atoms with Gasteiger partial charge < -0.3 is 10.3 Å². The van der Waals surface area contributed by atoms with Gasteiger partial charge in [-0.1, -0.05) is 18.2 Å². The molecule has 3 rings (SSSR count). The van der Waals surface area contributed by atoms with Crippen molar-refractivity contribution < 1.29 is 4.39 Å². The highest BCUT2D eigenvalue weighted by molar-refractivity contribution is 5.75. The average Bonchev–Trinajstić information content (AvgIpc) is 2.70. The molecule has 0 aliphatic heterocycles. The fourth-order valence-electron chi connectivity index (χ4n) is 2.25. The number of hydrogen-bond donors (Lipinski definition) is 1. The Bertz CT molecular complexity index is 746. The van der Waals surface area contributed by atoms with Gasteiger partial charge in [0, 0.05) is 19.2 Å². The Morgan fingerprint density at radius 2 is 2.00 bits per heavy atom. The molecule has 0 amide bonds. The predicted molar refractivity (Wildman–Crippen MR) is 74.3 cm³/mol. The number of nitrogen functional groups attached to an aromatic ring is 1. The number of imidazole rings is 1. The standard InChI is InChI=1S/C15H14FN3/c1-19-14-5-3-2-4-13(14)18-15(19)8-10-6-7-11(16)9-12(10)17/h2-7,9H,8,17H2,1H3. The van der Waals surface area contributed by atoms with Crippen LogP contribution in [-0.2, 0) is 13.5 Å². The smallest absolute Gasteiger partial charge is 0.125 e. The van der Waals surface area contributed by atoms with E-state index in [9.17, 15) is 4.39 Å². The highest BCUT2D eigenvalue weighted by atomic mass is 19.1. The summed E-state index contributed by atoms with van der Waals surface area (Å²) < 4.78 is 15.1. The molecule has 2 N–H and O–H groups in total. The van der Waals surface area contributed by atoms with Crippen LogP contribution in [0.4, 0.5) is 10.1 Å². The third kappa shape index (κ3) is 2.05. The fraction of sp³-hybridized carbons (Fsp3) is 0.133. The topological polar surface area (TPSA) is 43.8 Å². The zero-order valence-electron chi connectivity index (χ0n) is 10.6. The Hall–Kier alpha value is -2.36. The molecule has 0 aliphatic rings. The third-order valence-electron chi connectivity index (χ3n) is 3.34. The fourth-order valence-corrected chi connectivity index (χ4v) is 2.25. The molecule has 19 heavy (non-hydrogen) atoms. The van der Waals surface area contributed by atoms with Crippen LogP contribution in [0.25, 0.3) is 11.0 Å². The van der Waals surface area contributed by atoms with Gasteiger partial charge in [-0.25, -0.2) is 9.37 Å². The van der Waals surface area contributed by atoms with E-state index in [0.29, 0.717) is 12.1 Å². The van der Waals surface area contributed by atoms with Gasteiger partial charge in [0.15, 0.2) is 0 Å². The van der Waals surface area contributed by atoms with E-state index in [1.807, 2.05) is 35.9 Å². The lowest BCUT2D eigenvalue weighted by atomic mass is 10.1. The van der Waals surface area contributed by atoms with Crippen molar-refractivity contribution in [1.29, 1.82) is 0 Å². The summed E-state index contributed by atoms with van der Waals surface area (Å²) >= 11 is 0. The molecule has 0 unspecified atom stereocenters. The summed E-state index contributed by atoms with van der Waals surface area (Å²) in [6.07, 6.45) is 0.595. The number of fused-ring (bicyclic) bond motifs is 1. The van der Waals surface area contributed by atoms with Crippen LogP contribution in [0.15, 0.2) is 42.5 Å². The lowest BCUT2D eigenvalue weighted by molar-refractivity contribution is 0.628. The molecule has 0 atom stereocenters. The van der Waals surface area contributed by atoms with Crippen LogP contribution in [0.3, 0.4) is 0 Å². The van der Waals surface area contributed by atoms with Gasteiger partial charge >= 0.3 is 0 Å². The summed E-state index contributed by atoms with van der Waals surface area (Å²) in [7, 11) is 1.98. The van der Waals surface area contributed by atoms with Crippen LogP contribution in [0.5, 0.6) is 0 Å². The minimum absolute atomic E-state index is 0.314. The lowest BCUT2D eigenvalue weighted by Crippen LogP contribution is -2.02. The number of benzene rings is 2. The minimum Gasteiger partial charge on any atom is -0.398 e. The molecule has 0 spiro atoms. The molecule has 1 heterocycles. The molecular formula is C15H14FN3. The van der Waals surface area contributed by atoms with Crippen LogP contribution in [0, 0.1) is 5.82 Å². The van der Waals surface area contributed by atoms with E-state index >= 15 is 0 Å². The first-order valence-corrected chi connectivity index (χ1v) is 6.09. The monoisotopic (exact) mass is 255 g/mol. The summed E-state index contributed by atoms with van der Waals surface area (Å²) in [6.45, 7) is 0. The zero-order valence-corrected chi connectivity index (χ0v) is 10.6. The van der Waals surface area contributed by atoms with Crippen molar-refractivity contribution in [2.24, 2.45) is 7.05 Å². The first kappa shape index (κ1) is 11.7. The number of nitrogens with two attached hydrogens (primary N) is 1. The quantitative estimate of drug-likeness (QED) is 0.715. The van der Waals surface area contributed by atoms with Gasteiger partial charge in [0.25, 0.3) is 0 Å². The maximum Gasteiger partial charge on any atom is 0.125 e. The number of nitrogens with zero attached hydrogens (tertiary/aromatic N) is 2. The molecule has 0 fully saturated rings. The number of anilines is 1. The van der Waals surface area contributed by atoms with Crippen LogP contribution >= 0.6 is 0 Å². The average molecular weight is 255 g/mol. The van der Waals surface area contributed by atoms with E-state index in [4.69, 9.17) is 5.73 Å². The molecule has 0 saturated carbocycles. The number of aromatic nitrogens is 2. The Morgan fingerprint density at radius 3 is 2.74 bits per heavy atom. The Morgan fingerprint density at radius 1 is 1.21 bits per heavy atom. The number of aryl methyl sites for hydroxylation is 1. The zero-order chi connectivity index (χ0) is 13.4. The van der Waals surface area contributed by atoms with Crippen LogP contribution < -0.4 is 5.73 Å². The number of halogens is 1. The maximum absolute atomic E-state index is 13.0. The molecule has 0 bridgehead atoms. The highest BCUT2D eigenvalue weighted by Crippen LogP contribution is 2.20. The summed E-state index contributed by atoms with van der Waals surface area (Å²) in [5.74, 6) is 0.603. The molecule has 1 aromatic heterocycles. The van der Waals surface area contributed by atoms with E-state index in [1.54, 1.807) is 6.07 Å². The van der Waals surface area contributed by atoms with Crippen molar-refractivity contribution in [3.05, 3.63) is 59.7 Å². The second-order valence-corrected chi connectivity index (χ2v) is 4.60. The van der Waals surface area contributed by atoms with Crippen LogP contribution in [0.1, 0.15) is 11.4 Å². The van der Waals surface area contributed by atoms with E-state index in [2.05, 4.69) is 4.98 Å². The Kier molecular flexibility index (Phi) is 2.71. The lowest BCUT2D eigenvalue weighted by Gasteiger charge is -2.06. The highest BCUT2D eigenvalue weighted by Gasteiger charge is 2.09. The van der Waals surface area contributed by atoms with Crippen molar-refractivity contribution in [2.45, 2.75) is 6.42 Å². The number of hydrogen-bond acceptors (Lipinski definition) is 2. The molecule has 2 aromatic carbocycles. The normalized spacial score (nSPS) is 11.1. The van der Waals surface area contributed by atoms with Crippen molar-refractivity contribution in [1.82, 2.24) is 9.55 Å².